The standard InChI is InChI=1S/C27H25N5O3S/c1-27(2)11-20-24(21(33)12-27)23(15-7-9-16(10-8-15)32(34)35)19(14-29)25(30)31(20)26-18(13-28)17-5-3-4-6-22(17)36-26/h7-10,23H,3-6,11-12,30H2,1-2H3/t23-/m1/s1. The number of hydrogen-bond donors (Lipinski definition) is 1. The molecule has 0 radical (unpaired) electrons. The average Bonchev–Trinajstić information content (AvgIpc) is 3.20. The maximum absolute atomic E-state index is 13.7. The van der Waals surface area contributed by atoms with Crippen molar-refractivity contribution in [2.75, 3.05) is 4.90 Å². The second-order valence-corrected chi connectivity index (χ2v) is 11.4. The van der Waals surface area contributed by atoms with Gasteiger partial charge < -0.3 is 5.73 Å². The van der Waals surface area contributed by atoms with Gasteiger partial charge in [0.2, 0.25) is 0 Å². The average molecular weight is 500 g/mol. The lowest BCUT2D eigenvalue weighted by molar-refractivity contribution is -0.384. The first-order valence-electron chi connectivity index (χ1n) is 11.9. The number of Topliss-reactive ketones (excluding diaryl/α,β-unsaturated/α-hetero) is 1. The van der Waals surface area contributed by atoms with Gasteiger partial charge in [-0.05, 0) is 48.6 Å². The van der Waals surface area contributed by atoms with E-state index in [2.05, 4.69) is 12.1 Å². The molecule has 2 aromatic rings. The Kier molecular flexibility index (Phi) is 5.69. The molecule has 0 fully saturated rings. The van der Waals surface area contributed by atoms with E-state index in [1.54, 1.807) is 17.0 Å². The summed E-state index contributed by atoms with van der Waals surface area (Å²) in [5, 5.41) is 32.2. The third-order valence-electron chi connectivity index (χ3n) is 7.29. The largest absolute Gasteiger partial charge is 0.384 e. The van der Waals surface area contributed by atoms with Gasteiger partial charge >= 0.3 is 0 Å². The fourth-order valence-electron chi connectivity index (χ4n) is 5.69. The number of carbonyl (C=O) groups is 1. The van der Waals surface area contributed by atoms with Gasteiger partial charge in [-0.25, -0.2) is 0 Å². The van der Waals surface area contributed by atoms with Crippen LogP contribution in [0.1, 0.15) is 67.0 Å². The van der Waals surface area contributed by atoms with Gasteiger partial charge in [0.1, 0.15) is 16.9 Å². The molecular weight excluding hydrogens is 474 g/mol. The summed E-state index contributed by atoms with van der Waals surface area (Å²) in [4.78, 5) is 27.3. The Balaban J connectivity index is 1.76. The predicted molar refractivity (Wildman–Crippen MR) is 136 cm³/mol. The minimum Gasteiger partial charge on any atom is -0.384 e. The molecular formula is C27H25N5O3S. The van der Waals surface area contributed by atoms with Crippen LogP contribution in [-0.4, -0.2) is 10.7 Å². The van der Waals surface area contributed by atoms with Gasteiger partial charge in [-0.1, -0.05) is 26.0 Å². The first-order chi connectivity index (χ1) is 17.2. The minimum atomic E-state index is -0.717. The van der Waals surface area contributed by atoms with Crippen molar-refractivity contribution in [3.8, 4) is 12.1 Å². The maximum atomic E-state index is 13.7. The predicted octanol–water partition coefficient (Wildman–Crippen LogP) is 5.35. The number of rotatable bonds is 3. The van der Waals surface area contributed by atoms with Crippen LogP contribution in [0.25, 0.3) is 0 Å². The first kappa shape index (κ1) is 23.8. The number of nitriles is 2. The molecule has 8 nitrogen and oxygen atoms in total. The van der Waals surface area contributed by atoms with Crippen LogP contribution >= 0.6 is 11.3 Å². The van der Waals surface area contributed by atoms with Crippen molar-refractivity contribution in [2.45, 2.75) is 58.3 Å². The number of nitrogens with zero attached hydrogens (tertiary/aromatic N) is 4. The van der Waals surface area contributed by atoms with Gasteiger partial charge in [-0.3, -0.25) is 19.8 Å². The summed E-state index contributed by atoms with van der Waals surface area (Å²) < 4.78 is 0. The van der Waals surface area contributed by atoms with Gasteiger partial charge in [0.25, 0.3) is 5.69 Å². The number of nitro benzene ring substituents is 1. The molecule has 36 heavy (non-hydrogen) atoms. The molecule has 1 aromatic carbocycles. The first-order valence-corrected chi connectivity index (χ1v) is 12.7. The van der Waals surface area contributed by atoms with Crippen LogP contribution in [0.3, 0.4) is 0 Å². The molecule has 2 heterocycles. The summed E-state index contributed by atoms with van der Waals surface area (Å²) in [5.74, 6) is -0.583. The Bertz CT molecular complexity index is 1450. The van der Waals surface area contributed by atoms with Gasteiger partial charge in [-0.2, -0.15) is 10.5 Å². The van der Waals surface area contributed by atoms with E-state index < -0.39 is 10.8 Å². The van der Waals surface area contributed by atoms with Crippen molar-refractivity contribution in [1.29, 1.82) is 10.5 Å². The molecule has 1 atom stereocenters. The highest BCUT2D eigenvalue weighted by Crippen LogP contribution is 2.52. The third-order valence-corrected chi connectivity index (χ3v) is 8.56. The minimum absolute atomic E-state index is 0.0696. The zero-order valence-corrected chi connectivity index (χ0v) is 20.9. The fourth-order valence-corrected chi connectivity index (χ4v) is 7.06. The number of fused-ring (bicyclic) bond motifs is 1. The molecule has 1 aromatic heterocycles. The van der Waals surface area contributed by atoms with Crippen LogP contribution in [0.2, 0.25) is 0 Å². The smallest absolute Gasteiger partial charge is 0.269 e. The van der Waals surface area contributed by atoms with Crippen LogP contribution in [0, 0.1) is 38.2 Å². The highest BCUT2D eigenvalue weighted by molar-refractivity contribution is 7.16. The molecule has 0 saturated heterocycles. The lowest BCUT2D eigenvalue weighted by Crippen LogP contribution is -2.42. The molecule has 182 valence electrons. The molecule has 9 heteroatoms. The number of hydrogen-bond acceptors (Lipinski definition) is 8. The van der Waals surface area contributed by atoms with E-state index in [1.165, 1.54) is 28.3 Å². The van der Waals surface area contributed by atoms with Crippen molar-refractivity contribution in [3.05, 3.63) is 78.6 Å². The zero-order valence-electron chi connectivity index (χ0n) is 20.1. The van der Waals surface area contributed by atoms with Crippen LogP contribution in [-0.2, 0) is 17.6 Å². The molecule has 0 bridgehead atoms. The molecule has 0 amide bonds. The number of thiophene rings is 1. The molecule has 0 unspecified atom stereocenters. The number of ketones is 1. The lowest BCUT2D eigenvalue weighted by Gasteiger charge is -2.43. The summed E-state index contributed by atoms with van der Waals surface area (Å²) in [5.41, 5.74) is 9.97. The summed E-state index contributed by atoms with van der Waals surface area (Å²) in [6.07, 6.45) is 4.68. The molecule has 2 N–H and O–H groups in total. The van der Waals surface area contributed by atoms with Crippen LogP contribution in [0.5, 0.6) is 0 Å². The lowest BCUT2D eigenvalue weighted by atomic mass is 9.68. The summed E-state index contributed by atoms with van der Waals surface area (Å²) in [7, 11) is 0. The number of nitrogens with two attached hydrogens (primary N) is 1. The quantitative estimate of drug-likeness (QED) is 0.444. The van der Waals surface area contributed by atoms with E-state index in [1.807, 2.05) is 13.8 Å². The Hall–Kier alpha value is -3.95. The molecule has 5 rings (SSSR count). The van der Waals surface area contributed by atoms with Crippen LogP contribution in [0.15, 0.2) is 46.9 Å². The molecule has 0 saturated carbocycles. The van der Waals surface area contributed by atoms with E-state index in [0.717, 1.165) is 31.2 Å². The number of allylic oxidation sites excluding steroid dienone is 3. The summed E-state index contributed by atoms with van der Waals surface area (Å²) in [6, 6.07) is 10.5. The van der Waals surface area contributed by atoms with Crippen molar-refractivity contribution >= 4 is 27.8 Å². The van der Waals surface area contributed by atoms with Crippen molar-refractivity contribution in [3.63, 3.8) is 0 Å². The SMILES string of the molecule is CC1(C)CC(=O)C2=C(C1)N(c1sc3c(c1C#N)CCCC3)C(N)=C(C#N)[C@H]2c1ccc([N+](=O)[O-])cc1. The maximum Gasteiger partial charge on any atom is 0.269 e. The summed E-state index contributed by atoms with van der Waals surface area (Å²) in [6.45, 7) is 4.05. The molecule has 2 aliphatic carbocycles. The molecule has 1 aliphatic heterocycles. The Morgan fingerprint density at radius 2 is 1.83 bits per heavy atom. The highest BCUT2D eigenvalue weighted by Gasteiger charge is 2.45. The Labute approximate surface area is 213 Å². The number of carbonyl (C=O) groups excluding carboxylic acids is 1. The van der Waals surface area contributed by atoms with Crippen molar-refractivity contribution in [2.24, 2.45) is 11.1 Å². The molecule has 0 spiro atoms. The van der Waals surface area contributed by atoms with Gasteiger partial charge in [0.05, 0.1) is 28.0 Å². The number of aryl methyl sites for hydroxylation is 1. The number of non-ortho nitro benzene ring substituents is 1. The second kappa shape index (κ2) is 8.61. The van der Waals surface area contributed by atoms with E-state index >= 15 is 0 Å². The number of benzene rings is 1. The normalized spacial score (nSPS) is 20.9. The highest BCUT2D eigenvalue weighted by atomic mass is 32.1. The number of nitro groups is 1. The van der Waals surface area contributed by atoms with E-state index in [9.17, 15) is 25.4 Å². The zero-order chi connectivity index (χ0) is 25.8. The van der Waals surface area contributed by atoms with Gasteiger partial charge in [-0.15, -0.1) is 11.3 Å². The van der Waals surface area contributed by atoms with Gasteiger partial charge in [0, 0.05) is 34.7 Å². The number of anilines is 1. The topological polar surface area (TPSA) is 137 Å². The van der Waals surface area contributed by atoms with Crippen molar-refractivity contribution in [1.82, 2.24) is 0 Å². The van der Waals surface area contributed by atoms with E-state index in [-0.39, 0.29) is 28.3 Å². The van der Waals surface area contributed by atoms with E-state index in [0.29, 0.717) is 40.2 Å². The van der Waals surface area contributed by atoms with Crippen LogP contribution < -0.4 is 10.6 Å². The molecule has 3 aliphatic rings. The fraction of sp³-hybridized carbons (Fsp3) is 0.370. The van der Waals surface area contributed by atoms with E-state index in [4.69, 9.17) is 5.73 Å². The third kappa shape index (κ3) is 3.68. The van der Waals surface area contributed by atoms with Gasteiger partial charge in [0.15, 0.2) is 5.78 Å². The Morgan fingerprint density at radius 1 is 1.14 bits per heavy atom. The Morgan fingerprint density at radius 3 is 2.47 bits per heavy atom. The summed E-state index contributed by atoms with van der Waals surface area (Å²) >= 11 is 1.53. The monoisotopic (exact) mass is 499 g/mol. The second-order valence-electron chi connectivity index (χ2n) is 10.3. The van der Waals surface area contributed by atoms with Crippen LogP contribution in [0.4, 0.5) is 10.7 Å². The van der Waals surface area contributed by atoms with Crippen molar-refractivity contribution < 1.29 is 9.72 Å².